The standard InChI is InChI=1S/C8H12/c1-5-7(2)3-6-4-8(5,6)7/h5-6H,3-4H2,1-2H3. The zero-order valence-electron chi connectivity index (χ0n) is 5.57. The van der Waals surface area contributed by atoms with E-state index in [0.717, 1.165) is 16.7 Å². The molecule has 0 aromatic rings. The van der Waals surface area contributed by atoms with Crippen LogP contribution in [0.25, 0.3) is 0 Å². The van der Waals surface area contributed by atoms with Crippen LogP contribution in [0.5, 0.6) is 0 Å². The van der Waals surface area contributed by atoms with Gasteiger partial charge < -0.3 is 0 Å². The SMILES string of the molecule is CC1C2(C)CC3CC312. The highest BCUT2D eigenvalue weighted by Gasteiger charge is 2.90. The normalized spacial score (nSPS) is 81.8. The van der Waals surface area contributed by atoms with Gasteiger partial charge in [-0.1, -0.05) is 13.8 Å². The highest BCUT2D eigenvalue weighted by Crippen LogP contribution is 2.96. The summed E-state index contributed by atoms with van der Waals surface area (Å²) in [5.41, 5.74) is 1.81. The largest absolute Gasteiger partial charge is 0.0614 e. The summed E-state index contributed by atoms with van der Waals surface area (Å²) in [4.78, 5) is 0. The number of hydrogen-bond acceptors (Lipinski definition) is 0. The van der Waals surface area contributed by atoms with Gasteiger partial charge in [0.15, 0.2) is 0 Å². The Balaban J connectivity index is 2.13. The Morgan fingerprint density at radius 2 is 2.12 bits per heavy atom. The van der Waals surface area contributed by atoms with Crippen molar-refractivity contribution in [2.75, 3.05) is 0 Å². The molecule has 4 unspecified atom stereocenters. The molecule has 0 saturated heterocycles. The molecule has 3 aliphatic rings. The molecule has 0 aromatic carbocycles. The molecule has 0 aliphatic heterocycles. The van der Waals surface area contributed by atoms with Crippen molar-refractivity contribution in [2.24, 2.45) is 22.7 Å². The first-order valence-electron chi connectivity index (χ1n) is 3.72. The maximum Gasteiger partial charge on any atom is -0.0178 e. The van der Waals surface area contributed by atoms with Gasteiger partial charge in [0.05, 0.1) is 0 Å². The van der Waals surface area contributed by atoms with E-state index in [4.69, 9.17) is 0 Å². The Morgan fingerprint density at radius 3 is 2.12 bits per heavy atom. The second-order valence-electron chi connectivity index (χ2n) is 4.28. The molecule has 0 heterocycles. The average Bonchev–Trinajstić information content (AvgIpc) is 2.41. The van der Waals surface area contributed by atoms with Gasteiger partial charge in [0.2, 0.25) is 0 Å². The molecule has 0 bridgehead atoms. The molecular formula is C8H12. The Bertz CT molecular complexity index is 169. The molecule has 1 spiro atoms. The molecule has 0 nitrogen and oxygen atoms in total. The highest BCUT2D eigenvalue weighted by atomic mass is 14.9. The second-order valence-corrected chi connectivity index (χ2v) is 4.28. The van der Waals surface area contributed by atoms with Gasteiger partial charge in [-0.3, -0.25) is 0 Å². The van der Waals surface area contributed by atoms with Crippen molar-refractivity contribution in [3.05, 3.63) is 0 Å². The zero-order chi connectivity index (χ0) is 5.57. The van der Waals surface area contributed by atoms with Crippen molar-refractivity contribution in [2.45, 2.75) is 26.7 Å². The predicted octanol–water partition coefficient (Wildman–Crippen LogP) is 2.05. The van der Waals surface area contributed by atoms with Crippen LogP contribution in [0.3, 0.4) is 0 Å². The number of rotatable bonds is 0. The molecule has 0 aromatic heterocycles. The van der Waals surface area contributed by atoms with Crippen molar-refractivity contribution >= 4 is 0 Å². The van der Waals surface area contributed by atoms with E-state index in [9.17, 15) is 0 Å². The summed E-state index contributed by atoms with van der Waals surface area (Å²) in [6.07, 6.45) is 3.15. The van der Waals surface area contributed by atoms with E-state index in [1.807, 2.05) is 0 Å². The first-order chi connectivity index (χ1) is 3.72. The lowest BCUT2D eigenvalue weighted by atomic mass is 9.87. The minimum atomic E-state index is 0.859. The molecule has 3 aliphatic carbocycles. The van der Waals surface area contributed by atoms with E-state index in [0.29, 0.717) is 0 Å². The first kappa shape index (κ1) is 3.92. The van der Waals surface area contributed by atoms with Gasteiger partial charge in [0.1, 0.15) is 0 Å². The van der Waals surface area contributed by atoms with Crippen molar-refractivity contribution in [1.82, 2.24) is 0 Å². The first-order valence-corrected chi connectivity index (χ1v) is 3.72. The van der Waals surface area contributed by atoms with Gasteiger partial charge in [-0.15, -0.1) is 0 Å². The molecule has 0 radical (unpaired) electrons. The molecule has 0 N–H and O–H groups in total. The molecule has 0 heteroatoms. The topological polar surface area (TPSA) is 0 Å². The van der Waals surface area contributed by atoms with Crippen LogP contribution < -0.4 is 0 Å². The molecular weight excluding hydrogens is 96.1 g/mol. The molecule has 44 valence electrons. The van der Waals surface area contributed by atoms with Crippen LogP contribution in [-0.2, 0) is 0 Å². The van der Waals surface area contributed by atoms with Crippen LogP contribution in [-0.4, -0.2) is 0 Å². The third-order valence-electron chi connectivity index (χ3n) is 4.53. The lowest BCUT2D eigenvalue weighted by Gasteiger charge is -2.18. The van der Waals surface area contributed by atoms with Crippen LogP contribution in [0.1, 0.15) is 26.7 Å². The number of hydrogen-bond donors (Lipinski definition) is 0. The molecule has 3 rings (SSSR count). The zero-order valence-corrected chi connectivity index (χ0v) is 5.57. The Morgan fingerprint density at radius 1 is 1.38 bits per heavy atom. The van der Waals surface area contributed by atoms with Crippen LogP contribution >= 0.6 is 0 Å². The van der Waals surface area contributed by atoms with Crippen LogP contribution in [0.15, 0.2) is 0 Å². The van der Waals surface area contributed by atoms with E-state index in [1.54, 1.807) is 12.8 Å². The minimum Gasteiger partial charge on any atom is -0.0614 e. The summed E-state index contributed by atoms with van der Waals surface area (Å²) in [7, 11) is 0. The van der Waals surface area contributed by atoms with E-state index < -0.39 is 0 Å². The quantitative estimate of drug-likeness (QED) is 0.445. The summed E-state index contributed by atoms with van der Waals surface area (Å²) < 4.78 is 0. The van der Waals surface area contributed by atoms with Crippen LogP contribution in [0.4, 0.5) is 0 Å². The Hall–Kier alpha value is 0. The Kier molecular flexibility index (Phi) is 0.309. The monoisotopic (exact) mass is 108 g/mol. The molecule has 0 amide bonds. The summed E-state index contributed by atoms with van der Waals surface area (Å²) >= 11 is 0. The summed E-state index contributed by atoms with van der Waals surface area (Å²) in [5, 5.41) is 0. The van der Waals surface area contributed by atoms with Gasteiger partial charge in [-0.05, 0) is 35.5 Å². The van der Waals surface area contributed by atoms with Crippen LogP contribution in [0.2, 0.25) is 0 Å². The average molecular weight is 108 g/mol. The molecule has 8 heavy (non-hydrogen) atoms. The van der Waals surface area contributed by atoms with E-state index in [2.05, 4.69) is 13.8 Å². The van der Waals surface area contributed by atoms with Crippen molar-refractivity contribution < 1.29 is 0 Å². The van der Waals surface area contributed by atoms with Gasteiger partial charge >= 0.3 is 0 Å². The van der Waals surface area contributed by atoms with E-state index >= 15 is 0 Å². The lowest BCUT2D eigenvalue weighted by molar-refractivity contribution is 0.309. The fourth-order valence-electron chi connectivity index (χ4n) is 3.63. The van der Waals surface area contributed by atoms with Crippen molar-refractivity contribution in [3.8, 4) is 0 Å². The predicted molar refractivity (Wildman–Crippen MR) is 32.4 cm³/mol. The minimum absolute atomic E-state index is 0.859. The molecule has 4 atom stereocenters. The van der Waals surface area contributed by atoms with Gasteiger partial charge in [-0.2, -0.15) is 0 Å². The highest BCUT2D eigenvalue weighted by molar-refractivity contribution is 5.38. The van der Waals surface area contributed by atoms with Gasteiger partial charge in [0, 0.05) is 0 Å². The van der Waals surface area contributed by atoms with Crippen molar-refractivity contribution in [1.29, 1.82) is 0 Å². The summed E-state index contributed by atoms with van der Waals surface area (Å²) in [6.45, 7) is 4.91. The van der Waals surface area contributed by atoms with E-state index in [1.165, 1.54) is 5.92 Å². The lowest BCUT2D eigenvalue weighted by Crippen LogP contribution is -2.10. The van der Waals surface area contributed by atoms with E-state index in [-0.39, 0.29) is 0 Å². The van der Waals surface area contributed by atoms with Gasteiger partial charge in [0.25, 0.3) is 0 Å². The fourth-order valence-corrected chi connectivity index (χ4v) is 3.63. The third kappa shape index (κ3) is 0.138. The third-order valence-corrected chi connectivity index (χ3v) is 4.53. The second kappa shape index (κ2) is 0.630. The van der Waals surface area contributed by atoms with Gasteiger partial charge in [-0.25, -0.2) is 0 Å². The fraction of sp³-hybridized carbons (Fsp3) is 1.00. The van der Waals surface area contributed by atoms with Crippen LogP contribution in [0, 0.1) is 22.7 Å². The molecule has 3 fully saturated rings. The molecule has 3 saturated carbocycles. The maximum absolute atomic E-state index is 2.47. The smallest absolute Gasteiger partial charge is 0.0178 e. The summed E-state index contributed by atoms with van der Waals surface area (Å²) in [6, 6.07) is 0. The van der Waals surface area contributed by atoms with Crippen molar-refractivity contribution in [3.63, 3.8) is 0 Å². The summed E-state index contributed by atoms with van der Waals surface area (Å²) in [5.74, 6) is 2.29. The maximum atomic E-state index is 2.47. The Labute approximate surface area is 50.3 Å².